The van der Waals surface area contributed by atoms with Gasteiger partial charge >= 0.3 is 11.9 Å². The molecule has 236 valence electrons. The van der Waals surface area contributed by atoms with Crippen molar-refractivity contribution in [2.75, 3.05) is 7.11 Å². The number of carboxylic acid groups (broad SMARTS) is 1. The molecule has 0 radical (unpaired) electrons. The molecular formula is C40H26Br2O6. The van der Waals surface area contributed by atoms with Gasteiger partial charge in [-0.2, -0.15) is 0 Å². The van der Waals surface area contributed by atoms with Gasteiger partial charge in [0.2, 0.25) is 0 Å². The largest absolute Gasteiger partial charge is 0.478 e. The molecule has 0 bridgehead atoms. The van der Waals surface area contributed by atoms with Crippen molar-refractivity contribution in [2.24, 2.45) is 0 Å². The lowest BCUT2D eigenvalue weighted by Gasteiger charge is -2.34. The van der Waals surface area contributed by atoms with E-state index in [1.807, 2.05) is 24.3 Å². The van der Waals surface area contributed by atoms with E-state index in [2.05, 4.69) is 92.5 Å². The Kier molecular flexibility index (Phi) is 8.37. The highest BCUT2D eigenvalue weighted by molar-refractivity contribution is 9.10. The van der Waals surface area contributed by atoms with Crippen molar-refractivity contribution >= 4 is 43.8 Å². The third-order valence-electron chi connectivity index (χ3n) is 8.48. The van der Waals surface area contributed by atoms with Gasteiger partial charge in [-0.05, 0) is 130 Å². The van der Waals surface area contributed by atoms with Crippen molar-refractivity contribution in [3.05, 3.63) is 176 Å². The first-order valence-electron chi connectivity index (χ1n) is 15.0. The molecule has 0 saturated heterocycles. The number of hydrogen-bond donors (Lipinski definition) is 1. The molecule has 0 heterocycles. The van der Waals surface area contributed by atoms with Crippen molar-refractivity contribution in [1.82, 2.24) is 0 Å². The van der Waals surface area contributed by atoms with Crippen LogP contribution in [0.3, 0.4) is 0 Å². The Hall–Kier alpha value is -5.18. The van der Waals surface area contributed by atoms with Crippen LogP contribution in [-0.2, 0) is 10.2 Å². The highest BCUT2D eigenvalue weighted by atomic mass is 79.9. The summed E-state index contributed by atoms with van der Waals surface area (Å²) < 4.78 is 19.0. The standard InChI is InChI=1S/C40H26Br2O6/c1-46-39(45)25-4-14-31(15-5-25)48-33-18-8-27(9-19-33)40(36-22-28(41)10-20-34(36)35-21-11-29(42)23-37(35)40)26-6-16-32(17-7-26)47-30-12-2-24(3-13-30)38(43)44/h2-23H,1H3,(H,43,44). The molecule has 0 saturated carbocycles. The Morgan fingerprint density at radius 2 is 0.917 bits per heavy atom. The van der Waals surface area contributed by atoms with E-state index in [1.165, 1.54) is 19.2 Å². The topological polar surface area (TPSA) is 82.1 Å². The molecule has 0 aliphatic heterocycles. The zero-order valence-electron chi connectivity index (χ0n) is 25.4. The van der Waals surface area contributed by atoms with Gasteiger partial charge in [-0.3, -0.25) is 0 Å². The smallest absolute Gasteiger partial charge is 0.337 e. The van der Waals surface area contributed by atoms with Crippen LogP contribution < -0.4 is 9.47 Å². The predicted molar refractivity (Wildman–Crippen MR) is 190 cm³/mol. The first-order chi connectivity index (χ1) is 23.3. The quantitative estimate of drug-likeness (QED) is 0.155. The fraction of sp³-hybridized carbons (Fsp3) is 0.0500. The van der Waals surface area contributed by atoms with Crippen LogP contribution in [0.5, 0.6) is 23.0 Å². The molecule has 0 aromatic heterocycles. The summed E-state index contributed by atoms with van der Waals surface area (Å²) in [5.74, 6) is 1.03. The Balaban J connectivity index is 1.31. The summed E-state index contributed by atoms with van der Waals surface area (Å²) in [5, 5.41) is 9.24. The number of hydrogen-bond acceptors (Lipinski definition) is 5. The van der Waals surface area contributed by atoms with Crippen LogP contribution in [0.15, 0.2) is 142 Å². The molecule has 0 unspecified atom stereocenters. The van der Waals surface area contributed by atoms with Crippen molar-refractivity contribution in [3.63, 3.8) is 0 Å². The first-order valence-corrected chi connectivity index (χ1v) is 16.5. The zero-order chi connectivity index (χ0) is 33.4. The number of carboxylic acids is 1. The number of methoxy groups -OCH3 is 1. The average Bonchev–Trinajstić information content (AvgIpc) is 3.38. The van der Waals surface area contributed by atoms with Crippen molar-refractivity contribution in [2.45, 2.75) is 5.41 Å². The van der Waals surface area contributed by atoms with E-state index in [-0.39, 0.29) is 5.56 Å². The van der Waals surface area contributed by atoms with Crippen LogP contribution in [-0.4, -0.2) is 24.2 Å². The highest BCUT2D eigenvalue weighted by Crippen LogP contribution is 2.57. The summed E-state index contributed by atoms with van der Waals surface area (Å²) in [4.78, 5) is 23.1. The number of aromatic carboxylic acids is 1. The maximum atomic E-state index is 11.8. The minimum atomic E-state index is -0.986. The number of carbonyl (C=O) groups is 2. The van der Waals surface area contributed by atoms with Gasteiger partial charge in [0.05, 0.1) is 23.7 Å². The molecular weight excluding hydrogens is 736 g/mol. The van der Waals surface area contributed by atoms with Gasteiger partial charge in [0, 0.05) is 8.95 Å². The molecule has 0 spiro atoms. The molecule has 1 aliphatic rings. The van der Waals surface area contributed by atoms with Crippen LogP contribution in [0.2, 0.25) is 0 Å². The molecule has 6 aromatic carbocycles. The number of fused-ring (bicyclic) bond motifs is 3. The summed E-state index contributed by atoms with van der Waals surface area (Å²) in [7, 11) is 1.35. The summed E-state index contributed by atoms with van der Waals surface area (Å²) in [6.07, 6.45) is 0. The number of halogens is 2. The summed E-state index contributed by atoms with van der Waals surface area (Å²) in [5.41, 5.74) is 6.61. The van der Waals surface area contributed by atoms with E-state index in [0.29, 0.717) is 28.6 Å². The van der Waals surface area contributed by atoms with Gasteiger partial charge in [-0.15, -0.1) is 0 Å². The number of carbonyl (C=O) groups excluding carboxylic acids is 1. The van der Waals surface area contributed by atoms with Crippen LogP contribution >= 0.6 is 31.9 Å². The van der Waals surface area contributed by atoms with Gasteiger partial charge in [-0.25, -0.2) is 9.59 Å². The minimum Gasteiger partial charge on any atom is -0.478 e. The Morgan fingerprint density at radius 3 is 1.29 bits per heavy atom. The van der Waals surface area contributed by atoms with Gasteiger partial charge in [0.25, 0.3) is 0 Å². The highest BCUT2D eigenvalue weighted by Gasteiger charge is 2.46. The summed E-state index contributed by atoms with van der Waals surface area (Å²) in [6, 6.07) is 42.1. The van der Waals surface area contributed by atoms with Crippen molar-refractivity contribution in [3.8, 4) is 34.1 Å². The Labute approximate surface area is 293 Å². The van der Waals surface area contributed by atoms with E-state index >= 15 is 0 Å². The second-order valence-electron chi connectivity index (χ2n) is 11.2. The minimum absolute atomic E-state index is 0.198. The molecule has 1 N–H and O–H groups in total. The molecule has 0 amide bonds. The second kappa shape index (κ2) is 12.8. The van der Waals surface area contributed by atoms with Crippen molar-refractivity contribution in [1.29, 1.82) is 0 Å². The number of benzene rings is 6. The maximum absolute atomic E-state index is 11.8. The number of esters is 1. The van der Waals surface area contributed by atoms with E-state index in [9.17, 15) is 14.7 Å². The van der Waals surface area contributed by atoms with Gasteiger partial charge < -0.3 is 19.3 Å². The molecule has 8 heteroatoms. The molecule has 6 nitrogen and oxygen atoms in total. The lowest BCUT2D eigenvalue weighted by molar-refractivity contribution is 0.0599. The molecule has 0 fully saturated rings. The zero-order valence-corrected chi connectivity index (χ0v) is 28.6. The fourth-order valence-corrected chi connectivity index (χ4v) is 7.04. The molecule has 1 aliphatic carbocycles. The fourth-order valence-electron chi connectivity index (χ4n) is 6.32. The summed E-state index contributed by atoms with van der Waals surface area (Å²) in [6.45, 7) is 0. The SMILES string of the molecule is COC(=O)c1ccc(Oc2ccc(C3(c4ccc(Oc5ccc(C(=O)O)cc5)cc4)c4cc(Br)ccc4-c4ccc(Br)cc43)cc2)cc1. The van der Waals surface area contributed by atoms with Crippen LogP contribution in [0, 0.1) is 0 Å². The van der Waals surface area contributed by atoms with E-state index in [4.69, 9.17) is 14.2 Å². The lowest BCUT2D eigenvalue weighted by Crippen LogP contribution is -2.28. The molecule has 6 aromatic rings. The lowest BCUT2D eigenvalue weighted by atomic mass is 9.67. The third-order valence-corrected chi connectivity index (χ3v) is 9.47. The summed E-state index contributed by atoms with van der Waals surface area (Å²) >= 11 is 7.47. The number of rotatable bonds is 8. The van der Waals surface area contributed by atoms with Crippen LogP contribution in [0.4, 0.5) is 0 Å². The molecule has 7 rings (SSSR count). The third kappa shape index (κ3) is 5.67. The first kappa shape index (κ1) is 31.4. The Bertz CT molecular complexity index is 2110. The maximum Gasteiger partial charge on any atom is 0.337 e. The van der Waals surface area contributed by atoms with E-state index in [0.717, 1.165) is 42.3 Å². The second-order valence-corrected chi connectivity index (χ2v) is 13.1. The van der Waals surface area contributed by atoms with Gasteiger partial charge in [0.1, 0.15) is 23.0 Å². The predicted octanol–water partition coefficient (Wildman–Crippen LogP) is 10.6. The van der Waals surface area contributed by atoms with Crippen molar-refractivity contribution < 1.29 is 28.9 Å². The molecule has 0 atom stereocenters. The van der Waals surface area contributed by atoms with E-state index < -0.39 is 17.4 Å². The average molecular weight is 762 g/mol. The van der Waals surface area contributed by atoms with Gasteiger partial charge in [-0.1, -0.05) is 68.3 Å². The molecule has 48 heavy (non-hydrogen) atoms. The van der Waals surface area contributed by atoms with Crippen LogP contribution in [0.25, 0.3) is 11.1 Å². The number of ether oxygens (including phenoxy) is 3. The monoisotopic (exact) mass is 760 g/mol. The van der Waals surface area contributed by atoms with Crippen LogP contribution in [0.1, 0.15) is 43.0 Å². The Morgan fingerprint density at radius 1 is 0.542 bits per heavy atom. The van der Waals surface area contributed by atoms with Gasteiger partial charge in [0.15, 0.2) is 0 Å². The normalized spacial score (nSPS) is 12.5. The van der Waals surface area contributed by atoms with E-state index in [1.54, 1.807) is 36.4 Å².